The van der Waals surface area contributed by atoms with Crippen LogP contribution in [0.15, 0.2) is 29.6 Å². The lowest BCUT2D eigenvalue weighted by molar-refractivity contribution is -0.123. The molecule has 1 saturated heterocycles. The second-order valence-corrected chi connectivity index (χ2v) is 7.11. The largest absolute Gasteiger partial charge is 0.367 e. The summed E-state index contributed by atoms with van der Waals surface area (Å²) in [6, 6.07) is 8.21. The van der Waals surface area contributed by atoms with E-state index in [9.17, 15) is 4.79 Å². The van der Waals surface area contributed by atoms with E-state index in [4.69, 9.17) is 10.5 Å². The van der Waals surface area contributed by atoms with Crippen molar-refractivity contribution in [3.8, 4) is 11.3 Å². The molecule has 0 radical (unpaired) electrons. The molecule has 2 fully saturated rings. The number of hydrogen-bond acceptors (Lipinski definition) is 4. The van der Waals surface area contributed by atoms with Crippen LogP contribution in [-0.2, 0) is 15.1 Å². The van der Waals surface area contributed by atoms with E-state index in [0.717, 1.165) is 36.9 Å². The highest BCUT2D eigenvalue weighted by Crippen LogP contribution is 2.64. The highest BCUT2D eigenvalue weighted by atomic mass is 32.1. The molecule has 2 heterocycles. The van der Waals surface area contributed by atoms with Crippen LogP contribution in [0.25, 0.3) is 11.3 Å². The molecular weight excluding hydrogens is 296 g/mol. The van der Waals surface area contributed by atoms with Crippen molar-refractivity contribution >= 4 is 17.2 Å². The number of aromatic nitrogens is 1. The zero-order valence-electron chi connectivity index (χ0n) is 12.5. The minimum absolute atomic E-state index is 0.388. The summed E-state index contributed by atoms with van der Waals surface area (Å²) in [5.74, 6) is -0.404. The summed E-state index contributed by atoms with van der Waals surface area (Å²) >= 11 is 1.47. The topological polar surface area (TPSA) is 68.5 Å². The number of aryl methyl sites for hydroxylation is 1. The fourth-order valence-electron chi connectivity index (χ4n) is 3.58. The number of amides is 1. The van der Waals surface area contributed by atoms with Gasteiger partial charge >= 0.3 is 0 Å². The summed E-state index contributed by atoms with van der Waals surface area (Å²) in [6.45, 7) is 2.06. The lowest BCUT2D eigenvalue weighted by atomic mass is 9.91. The third kappa shape index (κ3) is 1.79. The van der Waals surface area contributed by atoms with Gasteiger partial charge in [0, 0.05) is 10.9 Å². The zero-order chi connectivity index (χ0) is 15.4. The van der Waals surface area contributed by atoms with Crippen LogP contribution in [0.5, 0.6) is 0 Å². The normalized spacial score (nSPS) is 25.5. The second-order valence-electron chi connectivity index (χ2n) is 6.25. The first kappa shape index (κ1) is 13.9. The molecule has 2 aliphatic rings. The van der Waals surface area contributed by atoms with Crippen LogP contribution in [-0.4, -0.2) is 16.5 Å². The van der Waals surface area contributed by atoms with E-state index in [1.165, 1.54) is 16.9 Å². The second kappa shape index (κ2) is 4.64. The number of ether oxygens (including phenoxy) is 1. The molecule has 1 aromatic heterocycles. The first-order valence-electron chi connectivity index (χ1n) is 7.61. The van der Waals surface area contributed by atoms with Crippen molar-refractivity contribution in [3.63, 3.8) is 0 Å². The standard InChI is InChI=1S/C17H18N2O2S/c1-11-4-6-12(7-5-11)13-10-22-15(19-13)17(14(18)20)16(21-17)8-2-3-9-16/h4-7,10H,2-3,8-9H2,1H3,(H2,18,20). The first-order chi connectivity index (χ1) is 10.6. The van der Waals surface area contributed by atoms with E-state index in [0.29, 0.717) is 5.01 Å². The molecule has 1 unspecified atom stereocenters. The van der Waals surface area contributed by atoms with E-state index in [-0.39, 0.29) is 5.60 Å². The molecule has 1 spiro atoms. The number of nitrogens with zero attached hydrogens (tertiary/aromatic N) is 1. The Hall–Kier alpha value is -1.72. The average molecular weight is 314 g/mol. The maximum absolute atomic E-state index is 12.1. The maximum Gasteiger partial charge on any atom is 0.259 e. The maximum atomic E-state index is 12.1. The monoisotopic (exact) mass is 314 g/mol. The summed E-state index contributed by atoms with van der Waals surface area (Å²) in [6.07, 6.45) is 3.97. The van der Waals surface area contributed by atoms with Crippen molar-refractivity contribution in [1.29, 1.82) is 0 Å². The number of hydrogen-bond donors (Lipinski definition) is 1. The summed E-state index contributed by atoms with van der Waals surface area (Å²) < 4.78 is 5.94. The van der Waals surface area contributed by atoms with Gasteiger partial charge in [-0.2, -0.15) is 0 Å². The van der Waals surface area contributed by atoms with Crippen LogP contribution in [0.1, 0.15) is 36.3 Å². The van der Waals surface area contributed by atoms with Gasteiger partial charge in [0.1, 0.15) is 10.6 Å². The zero-order valence-corrected chi connectivity index (χ0v) is 13.3. The van der Waals surface area contributed by atoms with Gasteiger partial charge in [-0.15, -0.1) is 11.3 Å². The van der Waals surface area contributed by atoms with Gasteiger partial charge in [-0.25, -0.2) is 4.98 Å². The predicted molar refractivity (Wildman–Crippen MR) is 85.4 cm³/mol. The number of epoxide rings is 1. The Morgan fingerprint density at radius 1 is 1.27 bits per heavy atom. The predicted octanol–water partition coefficient (Wildman–Crippen LogP) is 3.14. The minimum Gasteiger partial charge on any atom is -0.367 e. The fourth-order valence-corrected chi connectivity index (χ4v) is 4.64. The SMILES string of the molecule is Cc1ccc(-c2csc(C3(C(N)=O)OC34CCCC4)n2)cc1. The summed E-state index contributed by atoms with van der Waals surface area (Å²) in [5.41, 5.74) is 7.45. The Kier molecular flexibility index (Phi) is 2.93. The van der Waals surface area contributed by atoms with E-state index in [1.54, 1.807) is 0 Å². The number of benzene rings is 1. The Bertz CT molecular complexity index is 731. The van der Waals surface area contributed by atoms with Crippen molar-refractivity contribution in [3.05, 3.63) is 40.2 Å². The Morgan fingerprint density at radius 2 is 1.95 bits per heavy atom. The van der Waals surface area contributed by atoms with Crippen LogP contribution in [0.4, 0.5) is 0 Å². The number of rotatable bonds is 3. The van der Waals surface area contributed by atoms with Crippen LogP contribution in [0.3, 0.4) is 0 Å². The Morgan fingerprint density at radius 3 is 2.59 bits per heavy atom. The van der Waals surface area contributed by atoms with E-state index >= 15 is 0 Å². The van der Waals surface area contributed by atoms with Crippen molar-refractivity contribution < 1.29 is 9.53 Å². The van der Waals surface area contributed by atoms with Crippen molar-refractivity contribution in [1.82, 2.24) is 4.98 Å². The van der Waals surface area contributed by atoms with Gasteiger partial charge in [-0.05, 0) is 19.8 Å². The smallest absolute Gasteiger partial charge is 0.259 e. The molecule has 4 nitrogen and oxygen atoms in total. The minimum atomic E-state index is -0.989. The lowest BCUT2D eigenvalue weighted by Crippen LogP contribution is -2.36. The van der Waals surface area contributed by atoms with Crippen LogP contribution in [0, 0.1) is 6.92 Å². The molecule has 1 saturated carbocycles. The van der Waals surface area contributed by atoms with Gasteiger partial charge < -0.3 is 10.5 Å². The number of nitrogens with two attached hydrogens (primary N) is 1. The third-order valence-corrected chi connectivity index (χ3v) is 5.80. The molecule has 1 aromatic carbocycles. The van der Waals surface area contributed by atoms with E-state index in [1.807, 2.05) is 17.5 Å². The van der Waals surface area contributed by atoms with Crippen molar-refractivity contribution in [2.45, 2.75) is 43.8 Å². The molecule has 1 atom stereocenters. The van der Waals surface area contributed by atoms with Crippen LogP contribution >= 0.6 is 11.3 Å². The number of thiazole rings is 1. The third-order valence-electron chi connectivity index (χ3n) is 4.86. The molecule has 1 aliphatic heterocycles. The molecule has 4 rings (SSSR count). The molecular formula is C17H18N2O2S. The Balaban J connectivity index is 1.71. The quantitative estimate of drug-likeness (QED) is 0.885. The number of carbonyl (C=O) groups excluding carboxylic acids is 1. The first-order valence-corrected chi connectivity index (χ1v) is 8.48. The highest BCUT2D eigenvalue weighted by molar-refractivity contribution is 7.10. The average Bonchev–Trinajstić information content (AvgIpc) is 2.87. The van der Waals surface area contributed by atoms with Crippen molar-refractivity contribution in [2.75, 3.05) is 0 Å². The molecule has 22 heavy (non-hydrogen) atoms. The fraction of sp³-hybridized carbons (Fsp3) is 0.412. The molecule has 1 amide bonds. The molecule has 0 bridgehead atoms. The van der Waals surface area contributed by atoms with Gasteiger partial charge in [-0.3, -0.25) is 4.79 Å². The van der Waals surface area contributed by atoms with E-state index in [2.05, 4.69) is 24.0 Å². The molecule has 1 aliphatic carbocycles. The number of carbonyl (C=O) groups is 1. The van der Waals surface area contributed by atoms with Gasteiger partial charge in [0.2, 0.25) is 5.60 Å². The lowest BCUT2D eigenvalue weighted by Gasteiger charge is -2.09. The van der Waals surface area contributed by atoms with E-state index < -0.39 is 11.5 Å². The molecule has 2 aromatic rings. The number of primary amides is 1. The van der Waals surface area contributed by atoms with Gasteiger partial charge in [0.25, 0.3) is 5.91 Å². The molecule has 5 heteroatoms. The summed E-state index contributed by atoms with van der Waals surface area (Å²) in [4.78, 5) is 16.8. The molecule has 2 N–H and O–H groups in total. The van der Waals surface area contributed by atoms with Crippen molar-refractivity contribution in [2.24, 2.45) is 5.73 Å². The summed E-state index contributed by atoms with van der Waals surface area (Å²) in [7, 11) is 0. The summed E-state index contributed by atoms with van der Waals surface area (Å²) in [5, 5.41) is 2.69. The van der Waals surface area contributed by atoms with Gasteiger partial charge in [-0.1, -0.05) is 42.7 Å². The van der Waals surface area contributed by atoms with Gasteiger partial charge in [0.15, 0.2) is 0 Å². The van der Waals surface area contributed by atoms with Crippen LogP contribution in [0.2, 0.25) is 0 Å². The Labute approximate surface area is 133 Å². The molecule has 114 valence electrons. The van der Waals surface area contributed by atoms with Gasteiger partial charge in [0.05, 0.1) is 5.69 Å². The van der Waals surface area contributed by atoms with Crippen LogP contribution < -0.4 is 5.73 Å². The highest BCUT2D eigenvalue weighted by Gasteiger charge is 2.76.